The summed E-state index contributed by atoms with van der Waals surface area (Å²) in [7, 11) is -3.59. The molecule has 0 saturated carbocycles. The molecule has 0 atom stereocenters. The van der Waals surface area contributed by atoms with Crippen LogP contribution in [0, 0.1) is 6.92 Å². The van der Waals surface area contributed by atoms with Crippen molar-refractivity contribution in [1.82, 2.24) is 14.3 Å². The molecule has 0 aliphatic carbocycles. The van der Waals surface area contributed by atoms with Gasteiger partial charge in [0.15, 0.2) is 0 Å². The van der Waals surface area contributed by atoms with Crippen LogP contribution in [0.5, 0.6) is 0 Å². The molecule has 1 aromatic heterocycles. The highest BCUT2D eigenvalue weighted by Gasteiger charge is 2.27. The average Bonchev–Trinajstić information content (AvgIpc) is 2.75. The zero-order valence-electron chi connectivity index (χ0n) is 16.1. The Hall–Kier alpha value is -2.84. The Morgan fingerprint density at radius 2 is 1.76 bits per heavy atom. The smallest absolute Gasteiger partial charge is 0.275 e. The number of piperidine rings is 1. The molecule has 7 nitrogen and oxygen atoms in total. The minimum Gasteiger partial charge on any atom is -0.321 e. The number of nitrogens with one attached hydrogen (secondary N) is 1. The molecule has 1 N–H and O–H groups in total. The van der Waals surface area contributed by atoms with Crippen molar-refractivity contribution in [2.75, 3.05) is 18.4 Å². The summed E-state index contributed by atoms with van der Waals surface area (Å²) in [4.78, 5) is 21.4. The summed E-state index contributed by atoms with van der Waals surface area (Å²) < 4.78 is 27.6. The van der Waals surface area contributed by atoms with Crippen LogP contribution in [0.3, 0.4) is 0 Å². The molecule has 0 unspecified atom stereocenters. The number of sulfonamides is 1. The summed E-state index contributed by atoms with van der Waals surface area (Å²) in [5.74, 6) is -0.437. The van der Waals surface area contributed by atoms with Crippen LogP contribution < -0.4 is 5.32 Å². The van der Waals surface area contributed by atoms with Crippen molar-refractivity contribution in [2.45, 2.75) is 31.1 Å². The maximum absolute atomic E-state index is 13.1. The van der Waals surface area contributed by atoms with Gasteiger partial charge in [-0.2, -0.15) is 4.31 Å². The first kappa shape index (κ1) is 19.5. The number of hydrogen-bond acceptors (Lipinski definition) is 5. The molecule has 1 saturated heterocycles. The Labute approximate surface area is 169 Å². The first-order chi connectivity index (χ1) is 13.9. The number of amides is 1. The molecule has 3 aromatic rings. The number of carbonyl (C=O) groups excluding carboxylic acids is 1. The van der Waals surface area contributed by atoms with Gasteiger partial charge in [-0.25, -0.2) is 13.4 Å². The third kappa shape index (κ3) is 3.99. The third-order valence-corrected chi connectivity index (χ3v) is 7.10. The Kier molecular flexibility index (Phi) is 5.29. The number of aryl methyl sites for hydroxylation is 1. The Balaban J connectivity index is 1.60. The van der Waals surface area contributed by atoms with Gasteiger partial charge in [0.25, 0.3) is 5.91 Å². The number of para-hydroxylation sites is 2. The molecule has 0 radical (unpaired) electrons. The molecule has 1 fully saturated rings. The maximum atomic E-state index is 13.1. The molecule has 2 heterocycles. The van der Waals surface area contributed by atoms with Crippen LogP contribution in [-0.4, -0.2) is 41.7 Å². The van der Waals surface area contributed by atoms with Crippen LogP contribution in [0.2, 0.25) is 0 Å². The van der Waals surface area contributed by atoms with E-state index in [0.717, 1.165) is 19.3 Å². The van der Waals surface area contributed by atoms with Crippen LogP contribution in [0.25, 0.3) is 11.0 Å². The van der Waals surface area contributed by atoms with Crippen molar-refractivity contribution in [3.63, 3.8) is 0 Å². The van der Waals surface area contributed by atoms with Crippen molar-refractivity contribution < 1.29 is 13.2 Å². The lowest BCUT2D eigenvalue weighted by atomic mass is 10.2. The van der Waals surface area contributed by atoms with E-state index in [9.17, 15) is 13.2 Å². The monoisotopic (exact) mass is 410 g/mol. The lowest BCUT2D eigenvalue weighted by Crippen LogP contribution is -2.36. The lowest BCUT2D eigenvalue weighted by molar-refractivity contribution is 0.102. The van der Waals surface area contributed by atoms with Crippen LogP contribution in [0.1, 0.15) is 35.3 Å². The summed E-state index contributed by atoms with van der Waals surface area (Å²) in [5.41, 5.74) is 2.56. The van der Waals surface area contributed by atoms with Gasteiger partial charge in [-0.05, 0) is 49.6 Å². The van der Waals surface area contributed by atoms with Crippen molar-refractivity contribution >= 4 is 32.7 Å². The predicted octanol–water partition coefficient (Wildman–Crippen LogP) is 3.37. The molecule has 29 heavy (non-hydrogen) atoms. The maximum Gasteiger partial charge on any atom is 0.275 e. The lowest BCUT2D eigenvalue weighted by Gasteiger charge is -2.26. The van der Waals surface area contributed by atoms with Crippen molar-refractivity contribution in [3.8, 4) is 0 Å². The molecular formula is C21H22N4O3S. The Morgan fingerprint density at radius 3 is 2.52 bits per heavy atom. The normalized spacial score (nSPS) is 15.3. The number of anilines is 1. The molecule has 1 amide bonds. The average molecular weight is 410 g/mol. The minimum atomic E-state index is -3.59. The van der Waals surface area contributed by atoms with Crippen molar-refractivity contribution in [1.29, 1.82) is 0 Å². The molecule has 0 bridgehead atoms. The molecule has 8 heteroatoms. The largest absolute Gasteiger partial charge is 0.321 e. The number of carbonyl (C=O) groups is 1. The summed E-state index contributed by atoms with van der Waals surface area (Å²) >= 11 is 0. The molecule has 4 rings (SSSR count). The van der Waals surface area contributed by atoms with Crippen molar-refractivity contribution in [3.05, 3.63) is 59.9 Å². The zero-order valence-corrected chi connectivity index (χ0v) is 16.9. The second-order valence-corrected chi connectivity index (χ2v) is 9.05. The molecule has 2 aromatic carbocycles. The zero-order chi connectivity index (χ0) is 20.4. The number of hydrogen-bond donors (Lipinski definition) is 1. The van der Waals surface area contributed by atoms with E-state index in [1.165, 1.54) is 16.6 Å². The summed E-state index contributed by atoms with van der Waals surface area (Å²) in [6.45, 7) is 2.83. The quantitative estimate of drug-likeness (QED) is 0.712. The van der Waals surface area contributed by atoms with E-state index in [2.05, 4.69) is 15.3 Å². The first-order valence-corrected chi connectivity index (χ1v) is 11.0. The molecule has 1 aliphatic rings. The second kappa shape index (κ2) is 7.88. The first-order valence-electron chi connectivity index (χ1n) is 9.59. The fourth-order valence-corrected chi connectivity index (χ4v) is 5.23. The summed E-state index contributed by atoms with van der Waals surface area (Å²) in [6, 6.07) is 12.2. The van der Waals surface area contributed by atoms with E-state index in [4.69, 9.17) is 0 Å². The van der Waals surface area contributed by atoms with Crippen LogP contribution in [0.15, 0.2) is 53.6 Å². The van der Waals surface area contributed by atoms with E-state index in [1.807, 2.05) is 18.2 Å². The van der Waals surface area contributed by atoms with Gasteiger partial charge < -0.3 is 5.32 Å². The van der Waals surface area contributed by atoms with Gasteiger partial charge in [-0.3, -0.25) is 9.78 Å². The topological polar surface area (TPSA) is 92.3 Å². The number of rotatable bonds is 4. The second-order valence-electron chi connectivity index (χ2n) is 7.14. The fraction of sp³-hybridized carbons (Fsp3) is 0.286. The standard InChI is InChI=1S/C21H22N4O3S/c1-15-9-10-16(13-20(15)29(27,28)25-11-5-2-6-12-25)23-21(26)19-14-22-17-7-3-4-8-18(17)24-19/h3-4,7-10,13-14H,2,5-6,11-12H2,1H3,(H,23,26). The van der Waals surface area contributed by atoms with E-state index in [1.54, 1.807) is 25.1 Å². The van der Waals surface area contributed by atoms with Crippen LogP contribution >= 0.6 is 0 Å². The van der Waals surface area contributed by atoms with Crippen LogP contribution in [-0.2, 0) is 10.0 Å². The highest BCUT2D eigenvalue weighted by molar-refractivity contribution is 7.89. The summed E-state index contributed by atoms with van der Waals surface area (Å²) in [5, 5.41) is 2.74. The van der Waals surface area contributed by atoms with E-state index in [0.29, 0.717) is 35.4 Å². The molecule has 1 aliphatic heterocycles. The van der Waals surface area contributed by atoms with Gasteiger partial charge in [0, 0.05) is 18.8 Å². The highest BCUT2D eigenvalue weighted by Crippen LogP contribution is 2.26. The SMILES string of the molecule is Cc1ccc(NC(=O)c2cnc3ccccc3n2)cc1S(=O)(=O)N1CCCCC1. The van der Waals surface area contributed by atoms with Gasteiger partial charge in [0.2, 0.25) is 10.0 Å². The van der Waals surface area contributed by atoms with Crippen LogP contribution in [0.4, 0.5) is 5.69 Å². The predicted molar refractivity (Wildman–Crippen MR) is 111 cm³/mol. The fourth-order valence-electron chi connectivity index (χ4n) is 3.46. The third-order valence-electron chi connectivity index (χ3n) is 5.06. The van der Waals surface area contributed by atoms with Gasteiger partial charge in [0.05, 0.1) is 22.1 Å². The number of benzene rings is 2. The van der Waals surface area contributed by atoms with E-state index < -0.39 is 15.9 Å². The molecular weight excluding hydrogens is 388 g/mol. The van der Waals surface area contributed by atoms with Crippen molar-refractivity contribution in [2.24, 2.45) is 0 Å². The molecule has 0 spiro atoms. The highest BCUT2D eigenvalue weighted by atomic mass is 32.2. The molecule has 150 valence electrons. The number of aromatic nitrogens is 2. The number of fused-ring (bicyclic) bond motifs is 1. The van der Waals surface area contributed by atoms with Gasteiger partial charge >= 0.3 is 0 Å². The summed E-state index contributed by atoms with van der Waals surface area (Å²) in [6.07, 6.45) is 4.20. The van der Waals surface area contributed by atoms with Gasteiger partial charge in [-0.15, -0.1) is 0 Å². The Morgan fingerprint density at radius 1 is 1.03 bits per heavy atom. The van der Waals surface area contributed by atoms with Gasteiger partial charge in [-0.1, -0.05) is 24.6 Å². The van der Waals surface area contributed by atoms with E-state index in [-0.39, 0.29) is 10.6 Å². The number of nitrogens with zero attached hydrogens (tertiary/aromatic N) is 3. The van der Waals surface area contributed by atoms with Gasteiger partial charge in [0.1, 0.15) is 5.69 Å². The van der Waals surface area contributed by atoms with E-state index >= 15 is 0 Å². The minimum absolute atomic E-state index is 0.171. The Bertz CT molecular complexity index is 1170.